The molecule has 3 rings (SSSR count). The van der Waals surface area contributed by atoms with Gasteiger partial charge in [-0.05, 0) is 38.0 Å². The van der Waals surface area contributed by atoms with Gasteiger partial charge in [0.1, 0.15) is 6.10 Å². The summed E-state index contributed by atoms with van der Waals surface area (Å²) in [7, 11) is 0. The van der Waals surface area contributed by atoms with Crippen LogP contribution in [0.2, 0.25) is 0 Å². The molecular weight excluding hydrogens is 310 g/mol. The molecule has 1 aromatic carbocycles. The number of nitrogens with zero attached hydrogens (tertiary/aromatic N) is 2. The molecule has 1 atom stereocenters. The molecule has 1 fully saturated rings. The van der Waals surface area contributed by atoms with Crippen LogP contribution in [0.15, 0.2) is 36.5 Å². The molecule has 0 spiro atoms. The number of amides is 1. The first kappa shape index (κ1) is 16.2. The maximum atomic E-state index is 12.3. The average Bonchev–Trinajstić information content (AvgIpc) is 3.27. The van der Waals surface area contributed by atoms with Crippen molar-refractivity contribution in [2.24, 2.45) is 0 Å². The van der Waals surface area contributed by atoms with Gasteiger partial charge in [0, 0.05) is 12.8 Å². The number of carbonyl (C=O) groups excluding carboxylic acids is 2. The van der Waals surface area contributed by atoms with Gasteiger partial charge >= 0.3 is 5.97 Å². The van der Waals surface area contributed by atoms with Crippen molar-refractivity contribution >= 4 is 17.6 Å². The van der Waals surface area contributed by atoms with Crippen LogP contribution in [-0.4, -0.2) is 41.0 Å². The van der Waals surface area contributed by atoms with Gasteiger partial charge in [0.05, 0.1) is 18.0 Å². The third-order valence-corrected chi connectivity index (χ3v) is 3.70. The molecule has 126 valence electrons. The van der Waals surface area contributed by atoms with E-state index < -0.39 is 12.1 Å². The molecule has 24 heavy (non-hydrogen) atoms. The van der Waals surface area contributed by atoms with Gasteiger partial charge in [-0.1, -0.05) is 12.1 Å². The van der Waals surface area contributed by atoms with Crippen molar-refractivity contribution in [1.82, 2.24) is 9.78 Å². The van der Waals surface area contributed by atoms with Gasteiger partial charge < -0.3 is 14.8 Å². The number of nitrogens with one attached hydrogen (secondary N) is 1. The highest BCUT2D eigenvalue weighted by Gasteiger charge is 2.24. The summed E-state index contributed by atoms with van der Waals surface area (Å²) in [5.74, 6) is -0.644. The van der Waals surface area contributed by atoms with Crippen LogP contribution in [0.4, 0.5) is 5.69 Å². The fraction of sp³-hybridized carbons (Fsp3) is 0.353. The fourth-order valence-electron chi connectivity index (χ4n) is 2.55. The maximum Gasteiger partial charge on any atom is 0.358 e. The van der Waals surface area contributed by atoms with Gasteiger partial charge in [0.15, 0.2) is 5.69 Å². The number of aromatic nitrogens is 2. The van der Waals surface area contributed by atoms with E-state index in [4.69, 9.17) is 9.47 Å². The number of benzene rings is 1. The van der Waals surface area contributed by atoms with Crippen LogP contribution >= 0.6 is 0 Å². The summed E-state index contributed by atoms with van der Waals surface area (Å²) in [6, 6.07) is 8.84. The van der Waals surface area contributed by atoms with E-state index in [0.717, 1.165) is 12.8 Å². The van der Waals surface area contributed by atoms with E-state index >= 15 is 0 Å². The molecule has 1 aliphatic rings. The quantitative estimate of drug-likeness (QED) is 0.850. The smallest absolute Gasteiger partial charge is 0.358 e. The summed E-state index contributed by atoms with van der Waals surface area (Å²) in [6.07, 6.45) is 2.86. The van der Waals surface area contributed by atoms with Crippen LogP contribution in [-0.2, 0) is 14.3 Å². The summed E-state index contributed by atoms with van der Waals surface area (Å²) < 4.78 is 11.9. The van der Waals surface area contributed by atoms with Crippen LogP contribution in [0.1, 0.15) is 30.3 Å². The van der Waals surface area contributed by atoms with Crippen LogP contribution in [0, 0.1) is 0 Å². The zero-order valence-corrected chi connectivity index (χ0v) is 13.4. The second kappa shape index (κ2) is 7.27. The molecule has 2 aromatic rings. The average molecular weight is 329 g/mol. The molecular formula is C17H19N3O4. The zero-order valence-electron chi connectivity index (χ0n) is 13.4. The Hall–Kier alpha value is -2.67. The Morgan fingerprint density at radius 3 is 2.96 bits per heavy atom. The summed E-state index contributed by atoms with van der Waals surface area (Å²) in [6.45, 7) is 2.65. The molecule has 0 saturated carbocycles. The van der Waals surface area contributed by atoms with E-state index in [1.165, 1.54) is 4.68 Å². The molecule has 1 aromatic heterocycles. The van der Waals surface area contributed by atoms with Gasteiger partial charge in [-0.25, -0.2) is 9.48 Å². The summed E-state index contributed by atoms with van der Waals surface area (Å²) >= 11 is 0. The number of anilines is 1. The summed E-state index contributed by atoms with van der Waals surface area (Å²) in [5, 5.41) is 7.10. The molecule has 7 heteroatoms. The Labute approximate surface area is 139 Å². The summed E-state index contributed by atoms with van der Waals surface area (Å²) in [4.78, 5) is 24.0. The van der Waals surface area contributed by atoms with Gasteiger partial charge in [-0.2, -0.15) is 5.10 Å². The molecule has 1 N–H and O–H groups in total. The van der Waals surface area contributed by atoms with E-state index in [9.17, 15) is 9.59 Å². The van der Waals surface area contributed by atoms with Crippen molar-refractivity contribution in [2.75, 3.05) is 18.5 Å². The van der Waals surface area contributed by atoms with E-state index in [2.05, 4.69) is 10.4 Å². The predicted molar refractivity (Wildman–Crippen MR) is 87.1 cm³/mol. The monoisotopic (exact) mass is 329 g/mol. The maximum absolute atomic E-state index is 12.3. The minimum atomic E-state index is -0.475. The number of rotatable bonds is 5. The van der Waals surface area contributed by atoms with Crippen molar-refractivity contribution in [3.8, 4) is 5.69 Å². The van der Waals surface area contributed by atoms with Crippen molar-refractivity contribution in [3.05, 3.63) is 42.2 Å². The number of carbonyl (C=O) groups is 2. The third-order valence-electron chi connectivity index (χ3n) is 3.70. The first-order valence-corrected chi connectivity index (χ1v) is 7.93. The Morgan fingerprint density at radius 1 is 1.38 bits per heavy atom. The van der Waals surface area contributed by atoms with E-state index in [-0.39, 0.29) is 11.6 Å². The fourth-order valence-corrected chi connectivity index (χ4v) is 2.55. The zero-order chi connectivity index (χ0) is 16.9. The van der Waals surface area contributed by atoms with E-state index in [0.29, 0.717) is 24.6 Å². The SMILES string of the molecule is CCOC(=O)c1ccn(-c2ccccc2NC(=O)C2CCCO2)n1. The Bertz CT molecular complexity index is 735. The second-order valence-electron chi connectivity index (χ2n) is 5.37. The van der Waals surface area contributed by atoms with E-state index in [1.807, 2.05) is 18.2 Å². The van der Waals surface area contributed by atoms with Gasteiger partial charge in [-0.15, -0.1) is 0 Å². The van der Waals surface area contributed by atoms with Gasteiger partial charge in [-0.3, -0.25) is 4.79 Å². The number of hydrogen-bond acceptors (Lipinski definition) is 5. The van der Waals surface area contributed by atoms with Gasteiger partial charge in [0.2, 0.25) is 0 Å². The van der Waals surface area contributed by atoms with Crippen molar-refractivity contribution < 1.29 is 19.1 Å². The van der Waals surface area contributed by atoms with Gasteiger partial charge in [0.25, 0.3) is 5.91 Å². The molecule has 7 nitrogen and oxygen atoms in total. The second-order valence-corrected chi connectivity index (χ2v) is 5.37. The summed E-state index contributed by atoms with van der Waals surface area (Å²) in [5.41, 5.74) is 1.49. The number of hydrogen-bond donors (Lipinski definition) is 1. The molecule has 0 bridgehead atoms. The number of para-hydroxylation sites is 2. The topological polar surface area (TPSA) is 82.5 Å². The highest BCUT2D eigenvalue weighted by atomic mass is 16.5. The van der Waals surface area contributed by atoms with Crippen LogP contribution < -0.4 is 5.32 Å². The first-order chi connectivity index (χ1) is 11.7. The molecule has 1 saturated heterocycles. The minimum Gasteiger partial charge on any atom is -0.461 e. The standard InChI is InChI=1S/C17H19N3O4/c1-2-23-17(22)13-9-10-20(19-13)14-7-4-3-6-12(14)18-16(21)15-8-5-11-24-15/h3-4,6-7,9-10,15H,2,5,8,11H2,1H3,(H,18,21). The molecule has 1 amide bonds. The van der Waals surface area contributed by atoms with Crippen LogP contribution in [0.3, 0.4) is 0 Å². The largest absolute Gasteiger partial charge is 0.461 e. The Balaban J connectivity index is 1.81. The third kappa shape index (κ3) is 3.46. The highest BCUT2D eigenvalue weighted by molar-refractivity contribution is 5.96. The normalized spacial score (nSPS) is 16.8. The minimum absolute atomic E-state index is 0.169. The Kier molecular flexibility index (Phi) is 4.90. The molecule has 1 aliphatic heterocycles. The lowest BCUT2D eigenvalue weighted by atomic mass is 10.2. The number of esters is 1. The predicted octanol–water partition coefficient (Wildman–Crippen LogP) is 2.17. The molecule has 0 radical (unpaired) electrons. The lowest BCUT2D eigenvalue weighted by Crippen LogP contribution is -2.27. The molecule has 1 unspecified atom stereocenters. The molecule has 0 aliphatic carbocycles. The van der Waals surface area contributed by atoms with Crippen LogP contribution in [0.25, 0.3) is 5.69 Å². The number of ether oxygens (including phenoxy) is 2. The van der Waals surface area contributed by atoms with E-state index in [1.54, 1.807) is 25.3 Å². The van der Waals surface area contributed by atoms with Crippen molar-refractivity contribution in [2.45, 2.75) is 25.9 Å². The first-order valence-electron chi connectivity index (χ1n) is 7.93. The lowest BCUT2D eigenvalue weighted by Gasteiger charge is -2.13. The Morgan fingerprint density at radius 2 is 2.21 bits per heavy atom. The van der Waals surface area contributed by atoms with Crippen molar-refractivity contribution in [3.63, 3.8) is 0 Å². The highest BCUT2D eigenvalue weighted by Crippen LogP contribution is 2.21. The van der Waals surface area contributed by atoms with Crippen LogP contribution in [0.5, 0.6) is 0 Å². The van der Waals surface area contributed by atoms with Crippen molar-refractivity contribution in [1.29, 1.82) is 0 Å². The lowest BCUT2D eigenvalue weighted by molar-refractivity contribution is -0.124. The molecule has 2 heterocycles.